The lowest BCUT2D eigenvalue weighted by Gasteiger charge is -2.07. The van der Waals surface area contributed by atoms with Crippen LogP contribution >= 0.6 is 0 Å². The maximum atomic E-state index is 12.2. The third kappa shape index (κ3) is 1.84. The first-order valence-corrected chi connectivity index (χ1v) is 6.17. The number of nitrogens with zero attached hydrogens (tertiary/aromatic N) is 4. The molecule has 0 fully saturated rings. The first-order chi connectivity index (χ1) is 9.06. The third-order valence-electron chi connectivity index (χ3n) is 3.09. The molecular formula is C11H17N5O3. The van der Waals surface area contributed by atoms with Gasteiger partial charge in [-0.15, -0.1) is 0 Å². The number of fused-ring (bicyclic) bond motifs is 1. The zero-order valence-corrected chi connectivity index (χ0v) is 11.0. The summed E-state index contributed by atoms with van der Waals surface area (Å²) in [5.74, 6) is 0.179. The highest BCUT2D eigenvalue weighted by Gasteiger charge is 2.18. The van der Waals surface area contributed by atoms with E-state index in [0.29, 0.717) is 6.54 Å². The van der Waals surface area contributed by atoms with E-state index in [9.17, 15) is 9.59 Å². The number of aliphatic hydroxyl groups is 1. The number of rotatable bonds is 4. The Balaban J connectivity index is 2.96. The second kappa shape index (κ2) is 4.88. The van der Waals surface area contributed by atoms with Crippen LogP contribution in [0.1, 0.15) is 13.8 Å². The molecule has 0 aliphatic carbocycles. The summed E-state index contributed by atoms with van der Waals surface area (Å²) in [6.45, 7) is 4.24. The van der Waals surface area contributed by atoms with Crippen molar-refractivity contribution in [2.75, 3.05) is 12.3 Å². The number of aromatic nitrogens is 4. The first kappa shape index (κ1) is 13.3. The number of hydrogen-bond donors (Lipinski definition) is 2. The van der Waals surface area contributed by atoms with Crippen molar-refractivity contribution in [1.29, 1.82) is 0 Å². The average molecular weight is 267 g/mol. The lowest BCUT2D eigenvalue weighted by atomic mass is 10.3. The predicted octanol–water partition coefficient (Wildman–Crippen LogP) is -1.03. The van der Waals surface area contributed by atoms with Gasteiger partial charge in [-0.05, 0) is 13.8 Å². The summed E-state index contributed by atoms with van der Waals surface area (Å²) in [5.41, 5.74) is 5.33. The summed E-state index contributed by atoms with van der Waals surface area (Å²) in [6, 6.07) is 0. The molecule has 0 aliphatic rings. The van der Waals surface area contributed by atoms with Crippen LogP contribution in [0.5, 0.6) is 0 Å². The minimum Gasteiger partial charge on any atom is -0.394 e. The molecule has 0 amide bonds. The van der Waals surface area contributed by atoms with Gasteiger partial charge >= 0.3 is 5.69 Å². The van der Waals surface area contributed by atoms with Gasteiger partial charge in [0.1, 0.15) is 11.2 Å². The molecular weight excluding hydrogens is 250 g/mol. The Morgan fingerprint density at radius 2 is 1.84 bits per heavy atom. The summed E-state index contributed by atoms with van der Waals surface area (Å²) in [4.78, 5) is 24.4. The van der Waals surface area contributed by atoms with Gasteiger partial charge in [-0.2, -0.15) is 5.10 Å². The van der Waals surface area contributed by atoms with E-state index in [4.69, 9.17) is 10.8 Å². The van der Waals surface area contributed by atoms with Crippen molar-refractivity contribution in [1.82, 2.24) is 18.9 Å². The Kier molecular flexibility index (Phi) is 3.43. The molecule has 0 saturated carbocycles. The minimum atomic E-state index is -0.436. The normalized spacial score (nSPS) is 11.3. The highest BCUT2D eigenvalue weighted by molar-refractivity contribution is 5.85. The van der Waals surface area contributed by atoms with E-state index in [1.807, 2.05) is 0 Å². The van der Waals surface area contributed by atoms with Crippen LogP contribution in [0, 0.1) is 0 Å². The quantitative estimate of drug-likeness (QED) is 0.736. The van der Waals surface area contributed by atoms with Crippen molar-refractivity contribution < 1.29 is 5.11 Å². The van der Waals surface area contributed by atoms with Crippen molar-refractivity contribution >= 4 is 16.9 Å². The predicted molar refractivity (Wildman–Crippen MR) is 71.1 cm³/mol. The van der Waals surface area contributed by atoms with Gasteiger partial charge in [0.15, 0.2) is 5.65 Å². The van der Waals surface area contributed by atoms with Gasteiger partial charge in [-0.25, -0.2) is 9.48 Å². The Hall–Kier alpha value is -2.09. The fourth-order valence-corrected chi connectivity index (χ4v) is 2.14. The van der Waals surface area contributed by atoms with E-state index in [-0.39, 0.29) is 36.5 Å². The van der Waals surface area contributed by atoms with Crippen molar-refractivity contribution in [3.63, 3.8) is 0 Å². The fourth-order valence-electron chi connectivity index (χ4n) is 2.14. The van der Waals surface area contributed by atoms with E-state index in [1.54, 1.807) is 13.8 Å². The van der Waals surface area contributed by atoms with Crippen LogP contribution in [0.4, 0.5) is 5.82 Å². The van der Waals surface area contributed by atoms with Crippen LogP contribution in [-0.2, 0) is 19.6 Å². The summed E-state index contributed by atoms with van der Waals surface area (Å²) >= 11 is 0. The molecule has 3 N–H and O–H groups in total. The number of anilines is 1. The van der Waals surface area contributed by atoms with Gasteiger partial charge in [0, 0.05) is 13.1 Å². The van der Waals surface area contributed by atoms with E-state index >= 15 is 0 Å². The fraction of sp³-hybridized carbons (Fsp3) is 0.545. The molecule has 2 aromatic rings. The van der Waals surface area contributed by atoms with Crippen LogP contribution in [0.2, 0.25) is 0 Å². The number of aliphatic hydroxyl groups excluding tert-OH is 1. The third-order valence-corrected chi connectivity index (χ3v) is 3.09. The highest BCUT2D eigenvalue weighted by atomic mass is 16.3. The molecule has 2 aromatic heterocycles. The smallest absolute Gasteiger partial charge is 0.332 e. The van der Waals surface area contributed by atoms with Gasteiger partial charge in [0.05, 0.1) is 13.2 Å². The standard InChI is InChI=1S/C11H17N5O3/c1-3-14-9-7(8(12)16(13-9)5-6-17)10(18)15(4-2)11(14)19/h17H,3-6,12H2,1-2H3. The Labute approximate surface area is 108 Å². The Morgan fingerprint density at radius 1 is 1.21 bits per heavy atom. The monoisotopic (exact) mass is 267 g/mol. The lowest BCUT2D eigenvalue weighted by molar-refractivity contribution is 0.271. The van der Waals surface area contributed by atoms with Crippen LogP contribution < -0.4 is 17.0 Å². The van der Waals surface area contributed by atoms with E-state index < -0.39 is 11.2 Å². The largest absolute Gasteiger partial charge is 0.394 e. The van der Waals surface area contributed by atoms with Crippen molar-refractivity contribution in [2.45, 2.75) is 33.5 Å². The molecule has 0 aliphatic heterocycles. The van der Waals surface area contributed by atoms with Crippen LogP contribution in [-0.4, -0.2) is 30.6 Å². The molecule has 2 rings (SSSR count). The molecule has 0 spiro atoms. The number of hydrogen-bond acceptors (Lipinski definition) is 5. The van der Waals surface area contributed by atoms with E-state index in [2.05, 4.69) is 5.10 Å². The second-order valence-electron chi connectivity index (χ2n) is 4.11. The van der Waals surface area contributed by atoms with Crippen LogP contribution in [0.15, 0.2) is 9.59 Å². The van der Waals surface area contributed by atoms with Gasteiger partial charge in [0.2, 0.25) is 0 Å². The number of nitrogen functional groups attached to an aromatic ring is 1. The Bertz CT molecular complexity index is 724. The maximum Gasteiger partial charge on any atom is 0.332 e. The molecule has 8 heteroatoms. The zero-order valence-electron chi connectivity index (χ0n) is 11.0. The summed E-state index contributed by atoms with van der Waals surface area (Å²) < 4.78 is 3.88. The average Bonchev–Trinajstić information content (AvgIpc) is 2.69. The summed E-state index contributed by atoms with van der Waals surface area (Å²) in [5, 5.41) is 13.3. The van der Waals surface area contributed by atoms with E-state index in [0.717, 1.165) is 4.57 Å². The first-order valence-electron chi connectivity index (χ1n) is 6.17. The van der Waals surface area contributed by atoms with E-state index in [1.165, 1.54) is 9.25 Å². The van der Waals surface area contributed by atoms with Gasteiger partial charge in [-0.1, -0.05) is 0 Å². The SMILES string of the molecule is CCn1c(=O)c2c(N)n(CCO)nc2n(CC)c1=O. The van der Waals surface area contributed by atoms with Crippen molar-refractivity contribution in [3.05, 3.63) is 20.8 Å². The van der Waals surface area contributed by atoms with Gasteiger partial charge in [-0.3, -0.25) is 13.9 Å². The van der Waals surface area contributed by atoms with Crippen LogP contribution in [0.3, 0.4) is 0 Å². The number of nitrogens with two attached hydrogens (primary N) is 1. The van der Waals surface area contributed by atoms with Crippen LogP contribution in [0.25, 0.3) is 11.0 Å². The Morgan fingerprint density at radius 3 is 2.37 bits per heavy atom. The highest BCUT2D eigenvalue weighted by Crippen LogP contribution is 2.15. The minimum absolute atomic E-state index is 0.142. The molecule has 19 heavy (non-hydrogen) atoms. The maximum absolute atomic E-state index is 12.2. The van der Waals surface area contributed by atoms with Gasteiger partial charge < -0.3 is 10.8 Å². The molecule has 0 bridgehead atoms. The molecule has 104 valence electrons. The number of aryl methyl sites for hydroxylation is 1. The summed E-state index contributed by atoms with van der Waals surface area (Å²) in [6.07, 6.45) is 0. The molecule has 2 heterocycles. The molecule has 0 radical (unpaired) electrons. The summed E-state index contributed by atoms with van der Waals surface area (Å²) in [7, 11) is 0. The molecule has 0 unspecified atom stereocenters. The molecule has 0 atom stereocenters. The zero-order chi connectivity index (χ0) is 14.2. The van der Waals surface area contributed by atoms with Gasteiger partial charge in [0.25, 0.3) is 5.56 Å². The topological polar surface area (TPSA) is 108 Å². The van der Waals surface area contributed by atoms with Crippen molar-refractivity contribution in [3.8, 4) is 0 Å². The van der Waals surface area contributed by atoms with Crippen molar-refractivity contribution in [2.24, 2.45) is 0 Å². The lowest BCUT2D eigenvalue weighted by Crippen LogP contribution is -2.39. The molecule has 0 saturated heterocycles. The molecule has 8 nitrogen and oxygen atoms in total. The molecule has 0 aromatic carbocycles. The second-order valence-corrected chi connectivity index (χ2v) is 4.11.